The highest BCUT2D eigenvalue weighted by Gasteiger charge is 2.63. The molecule has 2 aliphatic carbocycles. The van der Waals surface area contributed by atoms with Crippen molar-refractivity contribution in [3.63, 3.8) is 0 Å². The summed E-state index contributed by atoms with van der Waals surface area (Å²) in [5.74, 6) is 0.311. The van der Waals surface area contributed by atoms with Gasteiger partial charge in [-0.1, -0.05) is 65.1 Å². The highest BCUT2D eigenvalue weighted by molar-refractivity contribution is 6.40. The van der Waals surface area contributed by atoms with E-state index in [0.717, 1.165) is 29.8 Å². The summed E-state index contributed by atoms with van der Waals surface area (Å²) < 4.78 is 18.1. The van der Waals surface area contributed by atoms with Crippen LogP contribution in [-0.2, 0) is 23.2 Å². The monoisotopic (exact) mass is 740 g/mol. The smallest absolute Gasteiger partial charge is 0.410 e. The maximum Gasteiger partial charge on any atom is 0.410 e. The minimum Gasteiger partial charge on any atom is -0.488 e. The largest absolute Gasteiger partial charge is 0.488 e. The van der Waals surface area contributed by atoms with Crippen LogP contribution in [0.15, 0.2) is 54.6 Å². The summed E-state index contributed by atoms with van der Waals surface area (Å²) in [6.07, 6.45) is 4.23. The minimum absolute atomic E-state index is 0.0147. The van der Waals surface area contributed by atoms with Crippen LogP contribution in [0.4, 0.5) is 4.79 Å². The molecule has 2 saturated heterocycles. The second-order valence-corrected chi connectivity index (χ2v) is 16.5. The Hall–Kier alpha value is -3.01. The lowest BCUT2D eigenvalue weighted by Gasteiger charge is -2.61. The molecule has 0 radical (unpaired) electrons. The van der Waals surface area contributed by atoms with Gasteiger partial charge in [-0.3, -0.25) is 4.90 Å². The Kier molecular flexibility index (Phi) is 9.57. The first-order valence-electron chi connectivity index (χ1n) is 17.4. The molecule has 1 amide bonds. The molecule has 0 aromatic heterocycles. The average Bonchev–Trinajstić information content (AvgIpc) is 3.89. The summed E-state index contributed by atoms with van der Waals surface area (Å²) in [5, 5.41) is 13.6. The van der Waals surface area contributed by atoms with E-state index in [-0.39, 0.29) is 40.1 Å². The Morgan fingerprint density at radius 3 is 2.30 bits per heavy atom. The number of hydrogen-bond donors (Lipinski definition) is 1. The highest BCUT2D eigenvalue weighted by Crippen LogP contribution is 2.57. The van der Waals surface area contributed by atoms with Crippen LogP contribution in [0.3, 0.4) is 0 Å². The zero-order valence-electron chi connectivity index (χ0n) is 28.6. The molecule has 3 aromatic rings. The Morgan fingerprint density at radius 2 is 1.62 bits per heavy atom. The zero-order valence-corrected chi connectivity index (χ0v) is 30.9. The van der Waals surface area contributed by atoms with Crippen molar-refractivity contribution in [2.45, 2.75) is 88.6 Å². The number of likely N-dealkylation sites (tertiary alicyclic amines) is 2. The molecule has 1 saturated carbocycles. The van der Waals surface area contributed by atoms with Gasteiger partial charge in [0.15, 0.2) is 5.75 Å². The van der Waals surface area contributed by atoms with Crippen LogP contribution in [0.25, 0.3) is 0 Å². The summed E-state index contributed by atoms with van der Waals surface area (Å²) in [4.78, 5) is 31.6. The van der Waals surface area contributed by atoms with Gasteiger partial charge in [-0.15, -0.1) is 0 Å². The van der Waals surface area contributed by atoms with Gasteiger partial charge in [-0.25, -0.2) is 9.59 Å². The van der Waals surface area contributed by atoms with Gasteiger partial charge in [0, 0.05) is 36.1 Å². The lowest BCUT2D eigenvalue weighted by atomic mass is 9.52. The predicted octanol–water partition coefficient (Wildman–Crippen LogP) is 8.49. The third-order valence-electron chi connectivity index (χ3n) is 10.8. The number of rotatable bonds is 7. The Morgan fingerprint density at radius 1 is 0.940 bits per heavy atom. The molecule has 2 bridgehead atoms. The van der Waals surface area contributed by atoms with Crippen LogP contribution < -0.4 is 9.47 Å². The number of carbonyl (C=O) groups is 2. The van der Waals surface area contributed by atoms with Crippen molar-refractivity contribution < 1.29 is 28.9 Å². The van der Waals surface area contributed by atoms with E-state index in [9.17, 15) is 14.7 Å². The molecule has 8 nitrogen and oxygen atoms in total. The summed E-state index contributed by atoms with van der Waals surface area (Å²) in [6, 6.07) is 16.3. The number of hydrogen-bond acceptors (Lipinski definition) is 7. The summed E-state index contributed by atoms with van der Waals surface area (Å²) in [7, 11) is 0. The number of ether oxygens (including phenoxy) is 3. The Bertz CT molecular complexity index is 1770. The van der Waals surface area contributed by atoms with Crippen LogP contribution in [0, 0.1) is 5.92 Å². The maximum atomic E-state index is 14.0. The molecule has 11 heteroatoms. The van der Waals surface area contributed by atoms with E-state index in [1.165, 1.54) is 25.0 Å². The second kappa shape index (κ2) is 13.5. The van der Waals surface area contributed by atoms with Gasteiger partial charge in [0.05, 0.1) is 15.6 Å². The molecule has 7 rings (SSSR count). The molecule has 3 fully saturated rings. The molecule has 3 atom stereocenters. The van der Waals surface area contributed by atoms with Crippen molar-refractivity contribution in [3.05, 3.63) is 91.9 Å². The first kappa shape index (κ1) is 35.4. The van der Waals surface area contributed by atoms with E-state index in [0.29, 0.717) is 55.5 Å². The first-order chi connectivity index (χ1) is 23.8. The Balaban J connectivity index is 1.31. The third kappa shape index (κ3) is 6.82. The third-order valence-corrected chi connectivity index (χ3v) is 11.6. The average molecular weight is 742 g/mol. The van der Waals surface area contributed by atoms with Crippen molar-refractivity contribution >= 4 is 46.9 Å². The number of amides is 1. The zero-order chi connectivity index (χ0) is 35.4. The van der Waals surface area contributed by atoms with Crippen molar-refractivity contribution in [3.8, 4) is 11.5 Å². The van der Waals surface area contributed by atoms with Crippen molar-refractivity contribution in [2.75, 3.05) is 26.2 Å². The van der Waals surface area contributed by atoms with Gasteiger partial charge < -0.3 is 24.2 Å². The van der Waals surface area contributed by atoms with Gasteiger partial charge in [-0.2, -0.15) is 0 Å². The number of carbonyl (C=O) groups excluding carboxylic acids is 2. The van der Waals surface area contributed by atoms with E-state index in [2.05, 4.69) is 4.90 Å². The first-order valence-corrected chi connectivity index (χ1v) is 18.5. The van der Waals surface area contributed by atoms with Gasteiger partial charge in [0.2, 0.25) is 0 Å². The molecule has 3 unspecified atom stereocenters. The highest BCUT2D eigenvalue weighted by atomic mass is 35.5. The molecule has 3 aromatic carbocycles. The van der Waals surface area contributed by atoms with Crippen molar-refractivity contribution in [1.29, 1.82) is 0 Å². The lowest BCUT2D eigenvalue weighted by Crippen LogP contribution is -2.71. The van der Waals surface area contributed by atoms with Gasteiger partial charge in [-0.05, 0) is 113 Å². The molecule has 1 N–H and O–H groups in total. The molecule has 2 heterocycles. The van der Waals surface area contributed by atoms with Crippen molar-refractivity contribution in [2.24, 2.45) is 5.92 Å². The van der Waals surface area contributed by atoms with Crippen molar-refractivity contribution in [1.82, 2.24) is 9.80 Å². The molecule has 50 heavy (non-hydrogen) atoms. The number of halogens is 3. The van der Waals surface area contributed by atoms with E-state index in [1.54, 1.807) is 4.90 Å². The fourth-order valence-electron chi connectivity index (χ4n) is 8.21. The molecular formula is C39H43Cl3N2O6. The fraction of sp³-hybridized carbons (Fsp3) is 0.487. The number of aliphatic hydroxyl groups is 1. The SMILES string of the molecule is CC(C)(C)OC(=O)N1CCC23CCN(CC4CC4)C(Cc4cc(C(=O)Oc5c(Cl)cc(Cl)cc5Cl)c(OCc5ccccc5)cc42)C3(O)CC1. The van der Waals surface area contributed by atoms with Gasteiger partial charge in [0.25, 0.3) is 0 Å². The van der Waals surface area contributed by atoms with E-state index in [1.807, 2.05) is 63.2 Å². The standard InChI is InChI=1S/C39H43Cl3N2O6/c1-37(2,3)50-36(46)43-14-11-38-12-15-44(22-24-9-10-24)33(39(38,47)13-16-43)18-26-17-28(35(45)49-34-30(41)19-27(40)20-31(34)42)32(21-29(26)38)48-23-25-7-5-4-6-8-25/h4-8,17,19-21,24,33,47H,9-16,18,22-23H2,1-3H3. The van der Waals surface area contributed by atoms with Crippen LogP contribution >= 0.6 is 34.8 Å². The summed E-state index contributed by atoms with van der Waals surface area (Å²) in [6.45, 7) is 8.39. The topological polar surface area (TPSA) is 88.5 Å². The number of fused-ring (bicyclic) bond motifs is 1. The number of benzene rings is 3. The Labute approximate surface area is 308 Å². The van der Waals surface area contributed by atoms with Crippen LogP contribution in [0.5, 0.6) is 11.5 Å². The number of nitrogens with zero attached hydrogens (tertiary/aromatic N) is 2. The lowest BCUT2D eigenvalue weighted by molar-refractivity contribution is -0.149. The second-order valence-electron chi connectivity index (χ2n) is 15.2. The molecule has 2 aliphatic heterocycles. The van der Waals surface area contributed by atoms with Gasteiger partial charge >= 0.3 is 12.1 Å². The molecular weight excluding hydrogens is 699 g/mol. The van der Waals surface area contributed by atoms with E-state index >= 15 is 0 Å². The number of piperidine rings is 1. The van der Waals surface area contributed by atoms with Crippen LogP contribution in [0.1, 0.15) is 79.9 Å². The molecule has 4 aliphatic rings. The van der Waals surface area contributed by atoms with Crippen LogP contribution in [-0.4, -0.2) is 70.4 Å². The van der Waals surface area contributed by atoms with E-state index in [4.69, 9.17) is 49.0 Å². The quantitative estimate of drug-likeness (QED) is 0.192. The maximum absolute atomic E-state index is 14.0. The predicted molar refractivity (Wildman–Crippen MR) is 194 cm³/mol. The summed E-state index contributed by atoms with van der Waals surface area (Å²) in [5.41, 5.74) is 0.642. The molecule has 0 spiro atoms. The number of esters is 1. The normalized spacial score (nSPS) is 24.9. The van der Waals surface area contributed by atoms with Gasteiger partial charge in [0.1, 0.15) is 23.5 Å². The molecule has 266 valence electrons. The summed E-state index contributed by atoms with van der Waals surface area (Å²) >= 11 is 19.0. The van der Waals surface area contributed by atoms with Crippen LogP contribution in [0.2, 0.25) is 15.1 Å². The fourth-order valence-corrected chi connectivity index (χ4v) is 9.11. The minimum atomic E-state index is -1.12. The van der Waals surface area contributed by atoms with E-state index < -0.39 is 22.6 Å².